The molecule has 1 aromatic rings. The largest absolute Gasteiger partial charge is 0.337 e. The molecule has 2 rings (SSSR count). The zero-order valence-corrected chi connectivity index (χ0v) is 11.4. The molecule has 8 heteroatoms. The molecule has 2 N–H and O–H groups in total. The summed E-state index contributed by atoms with van der Waals surface area (Å²) in [4.78, 5) is 13.0. The Morgan fingerprint density at radius 3 is 2.74 bits per heavy atom. The third-order valence-corrected chi connectivity index (χ3v) is 4.63. The van der Waals surface area contributed by atoms with E-state index in [1.807, 2.05) is 0 Å². The van der Waals surface area contributed by atoms with Gasteiger partial charge in [-0.3, -0.25) is 4.79 Å². The number of amides is 1. The van der Waals surface area contributed by atoms with Crippen LogP contribution < -0.4 is 5.14 Å². The first kappa shape index (κ1) is 14.2. The highest BCUT2D eigenvalue weighted by Crippen LogP contribution is 2.23. The summed E-state index contributed by atoms with van der Waals surface area (Å²) in [6.07, 6.45) is -0.147. The molecular formula is C11H12ClFN2O3S. The number of primary sulfonamides is 1. The van der Waals surface area contributed by atoms with Crippen LogP contribution in [0, 0.1) is 5.82 Å². The van der Waals surface area contributed by atoms with Crippen molar-refractivity contribution < 1.29 is 17.6 Å². The highest BCUT2D eigenvalue weighted by Gasteiger charge is 2.36. The Morgan fingerprint density at radius 1 is 1.47 bits per heavy atom. The standard InChI is InChI=1S/C11H12ClFN2O3S/c12-10-2-1-8(13)3-7(10)5-15-6-9(4-11(15)16)19(14,17)18/h1-3,9H,4-6H2,(H2,14,17,18). The van der Waals surface area contributed by atoms with Crippen molar-refractivity contribution in [2.24, 2.45) is 5.14 Å². The molecule has 1 unspecified atom stereocenters. The van der Waals surface area contributed by atoms with Gasteiger partial charge in [0.1, 0.15) is 11.1 Å². The predicted molar refractivity (Wildman–Crippen MR) is 68.3 cm³/mol. The Balaban J connectivity index is 2.16. The van der Waals surface area contributed by atoms with E-state index in [0.29, 0.717) is 10.6 Å². The fourth-order valence-electron chi connectivity index (χ4n) is 1.98. The van der Waals surface area contributed by atoms with Gasteiger partial charge in [-0.2, -0.15) is 0 Å². The van der Waals surface area contributed by atoms with Crippen LogP contribution in [0.25, 0.3) is 0 Å². The maximum absolute atomic E-state index is 13.1. The normalized spacial score (nSPS) is 20.1. The van der Waals surface area contributed by atoms with Crippen LogP contribution >= 0.6 is 11.6 Å². The van der Waals surface area contributed by atoms with E-state index >= 15 is 0 Å². The molecule has 1 saturated heterocycles. The van der Waals surface area contributed by atoms with Crippen LogP contribution in [0.1, 0.15) is 12.0 Å². The number of rotatable bonds is 3. The second-order valence-electron chi connectivity index (χ2n) is 4.43. The van der Waals surface area contributed by atoms with Gasteiger partial charge < -0.3 is 4.90 Å². The molecule has 0 aliphatic carbocycles. The summed E-state index contributed by atoms with van der Waals surface area (Å²) in [5.74, 6) is -0.798. The number of hydrogen-bond acceptors (Lipinski definition) is 3. The highest BCUT2D eigenvalue weighted by molar-refractivity contribution is 7.89. The number of sulfonamides is 1. The van der Waals surface area contributed by atoms with Crippen molar-refractivity contribution in [3.63, 3.8) is 0 Å². The van der Waals surface area contributed by atoms with E-state index in [1.54, 1.807) is 0 Å². The lowest BCUT2D eigenvalue weighted by atomic mass is 10.2. The van der Waals surface area contributed by atoms with Crippen molar-refractivity contribution in [3.8, 4) is 0 Å². The summed E-state index contributed by atoms with van der Waals surface area (Å²) in [5.41, 5.74) is 0.435. The molecule has 1 aliphatic rings. The number of carbonyl (C=O) groups excluding carboxylic acids is 1. The van der Waals surface area contributed by atoms with Gasteiger partial charge in [0, 0.05) is 24.5 Å². The summed E-state index contributed by atoms with van der Waals surface area (Å²) < 4.78 is 35.5. The van der Waals surface area contributed by atoms with Crippen molar-refractivity contribution in [3.05, 3.63) is 34.6 Å². The lowest BCUT2D eigenvalue weighted by Gasteiger charge is -2.17. The molecule has 0 spiro atoms. The monoisotopic (exact) mass is 306 g/mol. The first-order valence-electron chi connectivity index (χ1n) is 5.50. The number of benzene rings is 1. The zero-order chi connectivity index (χ0) is 14.2. The van der Waals surface area contributed by atoms with E-state index in [-0.39, 0.29) is 25.4 Å². The molecule has 104 valence electrons. The number of carbonyl (C=O) groups is 1. The molecular weight excluding hydrogens is 295 g/mol. The minimum absolute atomic E-state index is 0.00447. The molecule has 0 bridgehead atoms. The quantitative estimate of drug-likeness (QED) is 0.899. The van der Waals surface area contributed by atoms with Gasteiger partial charge in [0.2, 0.25) is 15.9 Å². The van der Waals surface area contributed by atoms with Crippen LogP contribution in [0.4, 0.5) is 4.39 Å². The Labute approximate surface area is 115 Å². The summed E-state index contributed by atoms with van der Waals surface area (Å²) >= 11 is 5.90. The number of likely N-dealkylation sites (tertiary alicyclic amines) is 1. The van der Waals surface area contributed by atoms with Crippen LogP contribution in [0.2, 0.25) is 5.02 Å². The van der Waals surface area contributed by atoms with Crippen molar-refractivity contribution in [1.82, 2.24) is 4.90 Å². The van der Waals surface area contributed by atoms with E-state index in [1.165, 1.54) is 23.1 Å². The van der Waals surface area contributed by atoms with Crippen LogP contribution in [0.15, 0.2) is 18.2 Å². The number of halogens is 2. The van der Waals surface area contributed by atoms with Crippen molar-refractivity contribution in [1.29, 1.82) is 0 Å². The average Bonchev–Trinajstić information content (AvgIpc) is 2.65. The molecule has 1 heterocycles. The zero-order valence-electron chi connectivity index (χ0n) is 9.84. The summed E-state index contributed by atoms with van der Waals surface area (Å²) in [6, 6.07) is 3.83. The summed E-state index contributed by atoms with van der Waals surface area (Å²) in [6.45, 7) is 0.0754. The topological polar surface area (TPSA) is 80.5 Å². The molecule has 1 aromatic carbocycles. The van der Waals surface area contributed by atoms with Gasteiger partial charge in [-0.25, -0.2) is 17.9 Å². The summed E-state index contributed by atoms with van der Waals surface area (Å²) in [5, 5.41) is 4.44. The maximum Gasteiger partial charge on any atom is 0.224 e. The molecule has 0 saturated carbocycles. The van der Waals surface area contributed by atoms with E-state index in [9.17, 15) is 17.6 Å². The van der Waals surface area contributed by atoms with Gasteiger partial charge in [0.25, 0.3) is 0 Å². The SMILES string of the molecule is NS(=O)(=O)C1CC(=O)N(Cc2cc(F)ccc2Cl)C1. The van der Waals surface area contributed by atoms with Crippen LogP contribution in [0.5, 0.6) is 0 Å². The fraction of sp³-hybridized carbons (Fsp3) is 0.364. The van der Waals surface area contributed by atoms with E-state index in [0.717, 1.165) is 0 Å². The Morgan fingerprint density at radius 2 is 2.16 bits per heavy atom. The van der Waals surface area contributed by atoms with Crippen LogP contribution in [-0.2, 0) is 21.4 Å². The average molecular weight is 307 g/mol. The van der Waals surface area contributed by atoms with E-state index in [2.05, 4.69) is 0 Å². The minimum atomic E-state index is -3.75. The van der Waals surface area contributed by atoms with Crippen molar-refractivity contribution in [2.75, 3.05) is 6.54 Å². The van der Waals surface area contributed by atoms with Gasteiger partial charge in [0.05, 0.1) is 0 Å². The van der Waals surface area contributed by atoms with Gasteiger partial charge in [-0.15, -0.1) is 0 Å². The fourth-order valence-corrected chi connectivity index (χ4v) is 2.92. The number of nitrogens with two attached hydrogens (primary N) is 1. The first-order valence-corrected chi connectivity index (χ1v) is 7.49. The first-order chi connectivity index (χ1) is 8.77. The lowest BCUT2D eigenvalue weighted by Crippen LogP contribution is -2.32. The minimum Gasteiger partial charge on any atom is -0.337 e. The molecule has 19 heavy (non-hydrogen) atoms. The molecule has 5 nitrogen and oxygen atoms in total. The highest BCUT2D eigenvalue weighted by atomic mass is 35.5. The van der Waals surface area contributed by atoms with Gasteiger partial charge in [0.15, 0.2) is 0 Å². The Hall–Kier alpha value is -1.18. The lowest BCUT2D eigenvalue weighted by molar-refractivity contribution is -0.128. The second kappa shape index (κ2) is 5.07. The van der Waals surface area contributed by atoms with Gasteiger partial charge >= 0.3 is 0 Å². The molecule has 1 atom stereocenters. The van der Waals surface area contributed by atoms with E-state index in [4.69, 9.17) is 16.7 Å². The maximum atomic E-state index is 13.1. The smallest absolute Gasteiger partial charge is 0.224 e. The summed E-state index contributed by atoms with van der Waals surface area (Å²) in [7, 11) is -3.75. The molecule has 0 aromatic heterocycles. The van der Waals surface area contributed by atoms with Crippen molar-refractivity contribution >= 4 is 27.5 Å². The van der Waals surface area contributed by atoms with Crippen LogP contribution in [-0.4, -0.2) is 31.0 Å². The number of hydrogen-bond donors (Lipinski definition) is 1. The third kappa shape index (κ3) is 3.23. The van der Waals surface area contributed by atoms with Crippen LogP contribution in [0.3, 0.4) is 0 Å². The second-order valence-corrected chi connectivity index (χ2v) is 6.68. The van der Waals surface area contributed by atoms with Gasteiger partial charge in [-0.05, 0) is 23.8 Å². The predicted octanol–water partition coefficient (Wildman–Crippen LogP) is 0.869. The molecule has 1 aliphatic heterocycles. The third-order valence-electron chi connectivity index (χ3n) is 3.01. The number of nitrogens with zero attached hydrogens (tertiary/aromatic N) is 1. The van der Waals surface area contributed by atoms with Crippen molar-refractivity contribution in [2.45, 2.75) is 18.2 Å². The molecule has 0 radical (unpaired) electrons. The van der Waals surface area contributed by atoms with Gasteiger partial charge in [-0.1, -0.05) is 11.6 Å². The Bertz CT molecular complexity index is 620. The van der Waals surface area contributed by atoms with E-state index < -0.39 is 21.1 Å². The molecule has 1 amide bonds. The Kier molecular flexibility index (Phi) is 3.80. The molecule has 1 fully saturated rings.